The van der Waals surface area contributed by atoms with Crippen LogP contribution in [0.5, 0.6) is 0 Å². The summed E-state index contributed by atoms with van der Waals surface area (Å²) in [5.74, 6) is 0. The van der Waals surface area contributed by atoms with Crippen LogP contribution in [0, 0.1) is 0 Å². The van der Waals surface area contributed by atoms with E-state index in [1.807, 2.05) is 19.2 Å². The standard InChI is InChI=1S/C32H38N6/c1-5-8-13-22(4)34-25(7-3)18-23(6-2)24-19-27-31(36-37-32(27)33-21-24)29-20-26-28(35-29)14-12-15-30(26)38-16-10-9-11-17-38/h6-7,12,14-15,18-21,34-35H,3-5,8-11,13,16-17H2,1-2H3,(H,33,36,37)/b23-6+,25-18+. The number of anilines is 1. The van der Waals surface area contributed by atoms with Crippen molar-refractivity contribution >= 4 is 33.2 Å². The number of pyridine rings is 1. The molecule has 4 heterocycles. The lowest BCUT2D eigenvalue weighted by Crippen LogP contribution is -2.29. The lowest BCUT2D eigenvalue weighted by Gasteiger charge is -2.29. The van der Waals surface area contributed by atoms with Crippen LogP contribution in [0.25, 0.3) is 38.9 Å². The Hall–Kier alpha value is -4.06. The van der Waals surface area contributed by atoms with E-state index in [-0.39, 0.29) is 0 Å². The van der Waals surface area contributed by atoms with Crippen LogP contribution in [0.4, 0.5) is 5.69 Å². The first-order chi connectivity index (χ1) is 18.6. The summed E-state index contributed by atoms with van der Waals surface area (Å²) in [5.41, 5.74) is 9.11. The summed E-state index contributed by atoms with van der Waals surface area (Å²) in [6.07, 6.45) is 14.9. The van der Waals surface area contributed by atoms with Crippen molar-refractivity contribution < 1.29 is 0 Å². The molecule has 0 spiro atoms. The highest BCUT2D eigenvalue weighted by atomic mass is 15.2. The number of aromatic nitrogens is 4. The number of allylic oxidation sites excluding steroid dienone is 5. The Morgan fingerprint density at radius 2 is 2.00 bits per heavy atom. The SMILES string of the molecule is C=C/C(=C\C(=C/C)c1cnc2n[nH]c(-c3cc4c(N5CCCCC5)cccc4[nH]3)c2c1)NC(=C)CCCC. The van der Waals surface area contributed by atoms with Crippen molar-refractivity contribution in [3.8, 4) is 11.4 Å². The number of aromatic amines is 2. The van der Waals surface area contributed by atoms with Gasteiger partial charge in [-0.05, 0) is 81.0 Å². The molecule has 0 bridgehead atoms. The predicted octanol–water partition coefficient (Wildman–Crippen LogP) is 7.86. The summed E-state index contributed by atoms with van der Waals surface area (Å²) in [4.78, 5) is 10.8. The monoisotopic (exact) mass is 506 g/mol. The van der Waals surface area contributed by atoms with E-state index < -0.39 is 0 Å². The number of nitrogens with one attached hydrogen (secondary N) is 3. The third-order valence-corrected chi connectivity index (χ3v) is 7.35. The van der Waals surface area contributed by atoms with Crippen molar-refractivity contribution in [2.24, 2.45) is 0 Å². The van der Waals surface area contributed by atoms with E-state index in [0.29, 0.717) is 5.65 Å². The Kier molecular flexibility index (Phi) is 7.78. The van der Waals surface area contributed by atoms with Gasteiger partial charge >= 0.3 is 0 Å². The first kappa shape index (κ1) is 25.6. The molecule has 0 aliphatic carbocycles. The second-order valence-electron chi connectivity index (χ2n) is 10.0. The molecule has 1 aliphatic heterocycles. The molecule has 0 amide bonds. The van der Waals surface area contributed by atoms with Crippen molar-refractivity contribution in [2.45, 2.75) is 52.4 Å². The Morgan fingerprint density at radius 1 is 1.16 bits per heavy atom. The Bertz CT molecular complexity index is 1510. The molecule has 3 N–H and O–H groups in total. The van der Waals surface area contributed by atoms with Gasteiger partial charge in [0.15, 0.2) is 5.65 Å². The third kappa shape index (κ3) is 5.30. The van der Waals surface area contributed by atoms with Crippen molar-refractivity contribution in [3.63, 3.8) is 0 Å². The van der Waals surface area contributed by atoms with Crippen LogP contribution < -0.4 is 10.2 Å². The number of fused-ring (bicyclic) bond motifs is 2. The molecule has 0 unspecified atom stereocenters. The fraction of sp³-hybridized carbons (Fsp3) is 0.312. The van der Waals surface area contributed by atoms with Gasteiger partial charge in [-0.2, -0.15) is 5.10 Å². The average Bonchev–Trinajstić information content (AvgIpc) is 3.58. The minimum atomic E-state index is 0.702. The fourth-order valence-corrected chi connectivity index (χ4v) is 5.25. The number of piperidine rings is 1. The molecule has 0 saturated carbocycles. The molecule has 4 aromatic rings. The normalized spacial score (nSPS) is 14.8. The zero-order chi connectivity index (χ0) is 26.5. The second-order valence-corrected chi connectivity index (χ2v) is 10.0. The van der Waals surface area contributed by atoms with Crippen LogP contribution in [-0.4, -0.2) is 33.3 Å². The minimum Gasteiger partial charge on any atom is -0.371 e. The lowest BCUT2D eigenvalue weighted by molar-refractivity contribution is 0.579. The highest BCUT2D eigenvalue weighted by Gasteiger charge is 2.17. The number of benzene rings is 1. The van der Waals surface area contributed by atoms with Crippen molar-refractivity contribution in [1.29, 1.82) is 0 Å². The average molecular weight is 507 g/mol. The second kappa shape index (κ2) is 11.5. The number of H-pyrrole nitrogens is 2. The quantitative estimate of drug-likeness (QED) is 0.191. The van der Waals surface area contributed by atoms with Gasteiger partial charge in [-0.15, -0.1) is 0 Å². The topological polar surface area (TPSA) is 72.6 Å². The van der Waals surface area contributed by atoms with Crippen molar-refractivity contribution in [2.75, 3.05) is 18.0 Å². The summed E-state index contributed by atoms with van der Waals surface area (Å²) in [5, 5.41) is 13.4. The summed E-state index contributed by atoms with van der Waals surface area (Å²) in [6.45, 7) is 14.6. The highest BCUT2D eigenvalue weighted by molar-refractivity contribution is 6.00. The maximum atomic E-state index is 4.68. The van der Waals surface area contributed by atoms with Crippen LogP contribution in [-0.2, 0) is 0 Å². The van der Waals surface area contributed by atoms with Crippen LogP contribution >= 0.6 is 0 Å². The van der Waals surface area contributed by atoms with Crippen LogP contribution in [0.15, 0.2) is 79.3 Å². The third-order valence-electron chi connectivity index (χ3n) is 7.35. The van der Waals surface area contributed by atoms with Crippen molar-refractivity contribution in [1.82, 2.24) is 25.5 Å². The molecule has 1 fully saturated rings. The van der Waals surface area contributed by atoms with E-state index in [9.17, 15) is 0 Å². The maximum Gasteiger partial charge on any atom is 0.181 e. The molecule has 3 aromatic heterocycles. The van der Waals surface area contributed by atoms with E-state index in [4.69, 9.17) is 0 Å². The van der Waals surface area contributed by atoms with Gasteiger partial charge in [0.2, 0.25) is 0 Å². The zero-order valence-electron chi connectivity index (χ0n) is 22.6. The number of nitrogens with zero attached hydrogens (tertiary/aromatic N) is 3. The van der Waals surface area contributed by atoms with E-state index in [1.165, 1.54) is 30.3 Å². The molecule has 1 aromatic carbocycles. The van der Waals surface area contributed by atoms with Gasteiger partial charge in [0.1, 0.15) is 0 Å². The predicted molar refractivity (Wildman–Crippen MR) is 161 cm³/mol. The number of hydrogen-bond donors (Lipinski definition) is 3. The molecule has 5 rings (SSSR count). The van der Waals surface area contributed by atoms with E-state index >= 15 is 0 Å². The van der Waals surface area contributed by atoms with E-state index in [2.05, 4.69) is 92.9 Å². The molecule has 0 atom stereocenters. The molecule has 196 valence electrons. The summed E-state index contributed by atoms with van der Waals surface area (Å²) < 4.78 is 0. The highest BCUT2D eigenvalue weighted by Crippen LogP contribution is 2.34. The number of hydrogen-bond acceptors (Lipinski definition) is 4. The molecule has 6 heteroatoms. The summed E-state index contributed by atoms with van der Waals surface area (Å²) >= 11 is 0. The summed E-state index contributed by atoms with van der Waals surface area (Å²) in [7, 11) is 0. The van der Waals surface area contributed by atoms with Crippen LogP contribution in [0.3, 0.4) is 0 Å². The smallest absolute Gasteiger partial charge is 0.181 e. The molecule has 38 heavy (non-hydrogen) atoms. The summed E-state index contributed by atoms with van der Waals surface area (Å²) in [6, 6.07) is 10.9. The van der Waals surface area contributed by atoms with Gasteiger partial charge in [0, 0.05) is 58.2 Å². The molecule has 1 aliphatic rings. The van der Waals surface area contributed by atoms with Crippen LogP contribution in [0.2, 0.25) is 0 Å². The molecular weight excluding hydrogens is 468 g/mol. The maximum absolute atomic E-state index is 4.68. The lowest BCUT2D eigenvalue weighted by atomic mass is 10.0. The minimum absolute atomic E-state index is 0.702. The zero-order valence-corrected chi connectivity index (χ0v) is 22.6. The fourth-order valence-electron chi connectivity index (χ4n) is 5.25. The molecule has 1 saturated heterocycles. The largest absolute Gasteiger partial charge is 0.371 e. The van der Waals surface area contributed by atoms with Gasteiger partial charge in [0.05, 0.1) is 11.4 Å². The Morgan fingerprint density at radius 3 is 2.76 bits per heavy atom. The van der Waals surface area contributed by atoms with E-state index in [0.717, 1.165) is 77.2 Å². The molecule has 0 radical (unpaired) electrons. The van der Waals surface area contributed by atoms with Gasteiger partial charge < -0.3 is 15.2 Å². The Labute approximate surface area is 225 Å². The van der Waals surface area contributed by atoms with E-state index in [1.54, 1.807) is 0 Å². The first-order valence-corrected chi connectivity index (χ1v) is 13.8. The van der Waals surface area contributed by atoms with Gasteiger partial charge in [-0.3, -0.25) is 5.10 Å². The first-order valence-electron chi connectivity index (χ1n) is 13.8. The number of rotatable bonds is 10. The Balaban J connectivity index is 1.48. The van der Waals surface area contributed by atoms with Gasteiger partial charge in [0.25, 0.3) is 0 Å². The molecular formula is C32H38N6. The van der Waals surface area contributed by atoms with Crippen molar-refractivity contribution in [3.05, 3.63) is 84.9 Å². The van der Waals surface area contributed by atoms with Gasteiger partial charge in [-0.1, -0.05) is 38.6 Å². The number of unbranched alkanes of at least 4 members (excludes halogenated alkanes) is 1. The van der Waals surface area contributed by atoms with Gasteiger partial charge in [-0.25, -0.2) is 4.98 Å². The van der Waals surface area contributed by atoms with Crippen LogP contribution in [0.1, 0.15) is 57.9 Å². The molecule has 6 nitrogen and oxygen atoms in total.